The fourth-order valence-corrected chi connectivity index (χ4v) is 5.95. The maximum absolute atomic E-state index is 13.4. The third-order valence-electron chi connectivity index (χ3n) is 5.97. The fourth-order valence-electron chi connectivity index (χ4n) is 3.95. The lowest BCUT2D eigenvalue weighted by Gasteiger charge is -2.34. The molecule has 0 amide bonds. The van der Waals surface area contributed by atoms with Crippen LogP contribution in [0.4, 0.5) is 0 Å². The zero-order chi connectivity index (χ0) is 22.2. The van der Waals surface area contributed by atoms with E-state index in [1.807, 2.05) is 45.9 Å². The van der Waals surface area contributed by atoms with Gasteiger partial charge in [0.15, 0.2) is 0 Å². The van der Waals surface area contributed by atoms with Crippen LogP contribution in [-0.2, 0) is 16.6 Å². The van der Waals surface area contributed by atoms with Crippen molar-refractivity contribution in [1.82, 2.24) is 24.3 Å². The highest BCUT2D eigenvalue weighted by molar-refractivity contribution is 7.89. The highest BCUT2D eigenvalue weighted by atomic mass is 32.2. The molecule has 0 radical (unpaired) electrons. The third-order valence-corrected chi connectivity index (χ3v) is 8.15. The summed E-state index contributed by atoms with van der Waals surface area (Å²) in [4.78, 5) is 11.1. The first-order valence-electron chi connectivity index (χ1n) is 10.3. The van der Waals surface area contributed by atoms with Crippen molar-refractivity contribution in [1.29, 1.82) is 0 Å². The summed E-state index contributed by atoms with van der Waals surface area (Å²) >= 11 is 0. The summed E-state index contributed by atoms with van der Waals surface area (Å²) in [6, 6.07) is 5.75. The number of hydrogen-bond donors (Lipinski definition) is 0. The molecule has 2 aromatic heterocycles. The summed E-state index contributed by atoms with van der Waals surface area (Å²) in [5.74, 6) is 1.02. The van der Waals surface area contributed by atoms with Gasteiger partial charge in [-0.1, -0.05) is 11.2 Å². The van der Waals surface area contributed by atoms with Crippen LogP contribution in [0.3, 0.4) is 0 Å². The van der Waals surface area contributed by atoms with Gasteiger partial charge in [-0.3, -0.25) is 9.88 Å². The second-order valence-corrected chi connectivity index (χ2v) is 9.90. The largest absolute Gasteiger partial charge is 0.338 e. The number of hydrogen-bond acceptors (Lipinski definition) is 7. The van der Waals surface area contributed by atoms with E-state index in [-0.39, 0.29) is 0 Å². The second kappa shape index (κ2) is 8.49. The third kappa shape index (κ3) is 4.26. The molecule has 1 saturated heterocycles. The highest BCUT2D eigenvalue weighted by Gasteiger charge is 2.32. The zero-order valence-electron chi connectivity index (χ0n) is 18.3. The Balaban J connectivity index is 1.44. The van der Waals surface area contributed by atoms with Gasteiger partial charge in [-0.2, -0.15) is 9.29 Å². The molecule has 0 spiro atoms. The summed E-state index contributed by atoms with van der Waals surface area (Å²) < 4.78 is 33.8. The number of sulfonamides is 1. The number of aryl methyl sites for hydroxylation is 2. The van der Waals surface area contributed by atoms with Crippen LogP contribution in [0.2, 0.25) is 0 Å². The molecule has 3 aromatic rings. The van der Waals surface area contributed by atoms with Crippen molar-refractivity contribution in [2.24, 2.45) is 0 Å². The molecule has 0 aliphatic carbocycles. The highest BCUT2D eigenvalue weighted by Crippen LogP contribution is 2.29. The summed E-state index contributed by atoms with van der Waals surface area (Å²) in [6.45, 7) is 10.3. The van der Waals surface area contributed by atoms with E-state index in [1.54, 1.807) is 16.7 Å². The van der Waals surface area contributed by atoms with Crippen molar-refractivity contribution in [3.8, 4) is 11.4 Å². The Morgan fingerprint density at radius 2 is 1.71 bits per heavy atom. The molecular formula is C22H27N5O3S. The van der Waals surface area contributed by atoms with E-state index in [0.717, 1.165) is 27.8 Å². The molecule has 4 rings (SSSR count). The van der Waals surface area contributed by atoms with Crippen LogP contribution < -0.4 is 0 Å². The predicted octanol–water partition coefficient (Wildman–Crippen LogP) is 2.87. The quantitative estimate of drug-likeness (QED) is 0.601. The first kappa shape index (κ1) is 21.6. The first-order chi connectivity index (χ1) is 14.8. The van der Waals surface area contributed by atoms with Crippen LogP contribution in [0.15, 0.2) is 40.0 Å². The summed E-state index contributed by atoms with van der Waals surface area (Å²) in [5.41, 5.74) is 4.47. The molecular weight excluding hydrogens is 414 g/mol. The molecule has 8 nitrogen and oxygen atoms in total. The Morgan fingerprint density at radius 3 is 2.32 bits per heavy atom. The van der Waals surface area contributed by atoms with Gasteiger partial charge in [-0.05, 0) is 62.1 Å². The Kier molecular flexibility index (Phi) is 5.92. The Morgan fingerprint density at radius 1 is 1.03 bits per heavy atom. The average Bonchev–Trinajstić information content (AvgIpc) is 3.22. The van der Waals surface area contributed by atoms with Crippen molar-refractivity contribution >= 4 is 10.0 Å². The molecule has 164 valence electrons. The predicted molar refractivity (Wildman–Crippen MR) is 117 cm³/mol. The Labute approximate surface area is 183 Å². The molecule has 0 bridgehead atoms. The van der Waals surface area contributed by atoms with Gasteiger partial charge in [0, 0.05) is 44.1 Å². The van der Waals surface area contributed by atoms with E-state index in [9.17, 15) is 8.42 Å². The van der Waals surface area contributed by atoms with Crippen LogP contribution in [0.5, 0.6) is 0 Å². The molecule has 1 aromatic carbocycles. The molecule has 9 heteroatoms. The number of nitrogens with zero attached hydrogens (tertiary/aromatic N) is 5. The van der Waals surface area contributed by atoms with Gasteiger partial charge < -0.3 is 4.52 Å². The van der Waals surface area contributed by atoms with E-state index < -0.39 is 10.0 Å². The monoisotopic (exact) mass is 441 g/mol. The van der Waals surface area contributed by atoms with Crippen molar-refractivity contribution in [2.75, 3.05) is 26.2 Å². The first-order valence-corrected chi connectivity index (χ1v) is 11.7. The van der Waals surface area contributed by atoms with Gasteiger partial charge in [0.25, 0.3) is 0 Å². The molecule has 3 heterocycles. The van der Waals surface area contributed by atoms with E-state index >= 15 is 0 Å². The minimum absolute atomic E-state index is 0.428. The van der Waals surface area contributed by atoms with Gasteiger partial charge >= 0.3 is 0 Å². The van der Waals surface area contributed by atoms with E-state index in [1.165, 1.54) is 0 Å². The van der Waals surface area contributed by atoms with Crippen molar-refractivity contribution in [3.05, 3.63) is 58.7 Å². The zero-order valence-corrected chi connectivity index (χ0v) is 19.1. The van der Waals surface area contributed by atoms with Gasteiger partial charge in [0.05, 0.1) is 11.4 Å². The summed E-state index contributed by atoms with van der Waals surface area (Å²) in [7, 11) is -3.55. The van der Waals surface area contributed by atoms with E-state index in [4.69, 9.17) is 4.52 Å². The van der Waals surface area contributed by atoms with Crippen LogP contribution in [-0.4, -0.2) is 58.9 Å². The SMILES string of the molecule is Cc1cc(C)c(C)c(S(=O)(=O)N2CCN(Cc3nc(-c4cccnc4)no3)CC2)c1C. The lowest BCUT2D eigenvalue weighted by atomic mass is 10.0. The number of pyridine rings is 1. The van der Waals surface area contributed by atoms with Gasteiger partial charge in [0.1, 0.15) is 0 Å². The minimum Gasteiger partial charge on any atom is -0.338 e. The van der Waals surface area contributed by atoms with E-state index in [2.05, 4.69) is 20.0 Å². The molecule has 0 saturated carbocycles. The lowest BCUT2D eigenvalue weighted by molar-refractivity contribution is 0.163. The van der Waals surface area contributed by atoms with Crippen LogP contribution >= 0.6 is 0 Å². The Bertz CT molecular complexity index is 1160. The van der Waals surface area contributed by atoms with Crippen LogP contribution in [0, 0.1) is 27.7 Å². The minimum atomic E-state index is -3.55. The van der Waals surface area contributed by atoms with Crippen LogP contribution in [0.25, 0.3) is 11.4 Å². The fraction of sp³-hybridized carbons (Fsp3) is 0.409. The van der Waals surface area contributed by atoms with Gasteiger partial charge in [0.2, 0.25) is 21.7 Å². The molecule has 1 aliphatic heterocycles. The summed E-state index contributed by atoms with van der Waals surface area (Å²) in [5, 5.41) is 4.02. The molecule has 1 fully saturated rings. The molecule has 0 N–H and O–H groups in total. The Hall–Kier alpha value is -2.62. The average molecular weight is 442 g/mol. The van der Waals surface area contributed by atoms with Gasteiger partial charge in [-0.15, -0.1) is 0 Å². The summed E-state index contributed by atoms with van der Waals surface area (Å²) in [6.07, 6.45) is 3.38. The number of aromatic nitrogens is 3. The smallest absolute Gasteiger partial charge is 0.243 e. The van der Waals surface area contributed by atoms with Crippen LogP contribution in [0.1, 0.15) is 28.1 Å². The van der Waals surface area contributed by atoms with E-state index in [0.29, 0.717) is 49.3 Å². The maximum Gasteiger partial charge on any atom is 0.243 e. The normalized spacial score (nSPS) is 16.0. The number of benzene rings is 1. The lowest BCUT2D eigenvalue weighted by Crippen LogP contribution is -2.48. The molecule has 0 unspecified atom stereocenters. The number of piperazine rings is 1. The maximum atomic E-state index is 13.4. The van der Waals surface area contributed by atoms with Crippen molar-refractivity contribution in [2.45, 2.75) is 39.1 Å². The topological polar surface area (TPSA) is 92.4 Å². The van der Waals surface area contributed by atoms with Crippen molar-refractivity contribution < 1.29 is 12.9 Å². The van der Waals surface area contributed by atoms with Gasteiger partial charge in [-0.25, -0.2) is 8.42 Å². The molecule has 0 atom stereocenters. The van der Waals surface area contributed by atoms with Crippen molar-refractivity contribution in [3.63, 3.8) is 0 Å². The standard InChI is InChI=1S/C22H27N5O3S/c1-15-12-16(2)18(4)21(17(15)3)31(28,29)27-10-8-26(9-11-27)14-20-24-22(25-30-20)19-6-5-7-23-13-19/h5-7,12-13H,8-11,14H2,1-4H3. The number of rotatable bonds is 5. The molecule has 31 heavy (non-hydrogen) atoms. The molecule has 1 aliphatic rings. The second-order valence-electron chi connectivity index (χ2n) is 8.02.